The molecule has 1 amide bonds. The first-order chi connectivity index (χ1) is 13.1. The molecule has 2 saturated carbocycles. The van der Waals surface area contributed by atoms with Crippen LogP contribution in [0.15, 0.2) is 12.1 Å². The van der Waals surface area contributed by atoms with Crippen LogP contribution in [-0.2, 0) is 11.8 Å². The van der Waals surface area contributed by atoms with E-state index in [1.807, 2.05) is 11.8 Å². The van der Waals surface area contributed by atoms with Crippen molar-refractivity contribution in [2.24, 2.45) is 12.5 Å². The largest absolute Gasteiger partial charge is 0.390 e. The SMILES string of the molecule is CC(C(=O)N1C2CC3(C)CC1CC(O)(C2)C3)c1nn(C)c2ccc(F)c(Cl)c12. The zero-order valence-corrected chi connectivity index (χ0v) is 17.1. The van der Waals surface area contributed by atoms with Crippen LogP contribution >= 0.6 is 11.6 Å². The summed E-state index contributed by atoms with van der Waals surface area (Å²) in [6, 6.07) is 3.09. The molecule has 150 valence electrons. The number of fused-ring (bicyclic) bond motifs is 1. The molecule has 2 saturated heterocycles. The fraction of sp³-hybridized carbons (Fsp3) is 0.619. The highest BCUT2D eigenvalue weighted by molar-refractivity contribution is 6.35. The first-order valence-corrected chi connectivity index (χ1v) is 10.3. The molecular formula is C21H25ClFN3O2. The number of aliphatic hydroxyl groups is 1. The highest BCUT2D eigenvalue weighted by atomic mass is 35.5. The van der Waals surface area contributed by atoms with Crippen molar-refractivity contribution >= 4 is 28.4 Å². The molecule has 1 N–H and O–H groups in total. The fourth-order valence-electron chi connectivity index (χ4n) is 6.42. The lowest BCUT2D eigenvalue weighted by molar-refractivity contribution is -0.193. The second kappa shape index (κ2) is 5.70. The molecule has 2 aliphatic carbocycles. The van der Waals surface area contributed by atoms with Crippen molar-refractivity contribution < 1.29 is 14.3 Å². The van der Waals surface area contributed by atoms with E-state index in [0.29, 0.717) is 29.4 Å². The summed E-state index contributed by atoms with van der Waals surface area (Å²) in [7, 11) is 1.77. The Bertz CT molecular complexity index is 967. The summed E-state index contributed by atoms with van der Waals surface area (Å²) < 4.78 is 15.7. The van der Waals surface area contributed by atoms with Gasteiger partial charge in [-0.3, -0.25) is 9.48 Å². The topological polar surface area (TPSA) is 58.4 Å². The number of carbonyl (C=O) groups excluding carboxylic acids is 1. The summed E-state index contributed by atoms with van der Waals surface area (Å²) in [5.74, 6) is -1.03. The Morgan fingerprint density at radius 2 is 1.96 bits per heavy atom. The van der Waals surface area contributed by atoms with Gasteiger partial charge in [0.15, 0.2) is 0 Å². The van der Waals surface area contributed by atoms with E-state index in [-0.39, 0.29) is 28.4 Å². The number of piperidine rings is 2. The molecule has 7 heteroatoms. The average Bonchev–Trinajstić information content (AvgIpc) is 2.92. The lowest BCUT2D eigenvalue weighted by Crippen LogP contribution is -2.68. The molecule has 2 aliphatic heterocycles. The molecule has 3 unspecified atom stereocenters. The fourth-order valence-corrected chi connectivity index (χ4v) is 6.68. The quantitative estimate of drug-likeness (QED) is 0.827. The zero-order chi connectivity index (χ0) is 20.0. The number of halogens is 2. The molecule has 6 rings (SSSR count). The molecule has 3 atom stereocenters. The van der Waals surface area contributed by atoms with Crippen LogP contribution in [0, 0.1) is 11.2 Å². The molecule has 4 aliphatic rings. The van der Waals surface area contributed by atoms with E-state index in [0.717, 1.165) is 19.3 Å². The maximum absolute atomic E-state index is 14.1. The van der Waals surface area contributed by atoms with E-state index < -0.39 is 17.3 Å². The van der Waals surface area contributed by atoms with Gasteiger partial charge in [0.1, 0.15) is 5.82 Å². The van der Waals surface area contributed by atoms with Gasteiger partial charge in [-0.25, -0.2) is 4.39 Å². The number of benzene rings is 1. The van der Waals surface area contributed by atoms with E-state index in [2.05, 4.69) is 12.0 Å². The van der Waals surface area contributed by atoms with Gasteiger partial charge in [-0.15, -0.1) is 0 Å². The van der Waals surface area contributed by atoms with Gasteiger partial charge in [-0.2, -0.15) is 5.10 Å². The van der Waals surface area contributed by atoms with Gasteiger partial charge in [0, 0.05) is 24.5 Å². The first kappa shape index (κ1) is 18.4. The number of hydrogen-bond acceptors (Lipinski definition) is 3. The number of aryl methyl sites for hydroxylation is 1. The monoisotopic (exact) mass is 405 g/mol. The minimum absolute atomic E-state index is 0.00123. The van der Waals surface area contributed by atoms with Crippen molar-refractivity contribution in [1.82, 2.24) is 14.7 Å². The van der Waals surface area contributed by atoms with Crippen LogP contribution in [0.4, 0.5) is 4.39 Å². The normalized spacial score (nSPS) is 35.0. The van der Waals surface area contributed by atoms with Crippen LogP contribution < -0.4 is 0 Å². The second-order valence-electron chi connectivity index (χ2n) is 9.57. The number of amides is 1. The number of aromatic nitrogens is 2. The minimum Gasteiger partial charge on any atom is -0.390 e. The van der Waals surface area contributed by atoms with Crippen molar-refractivity contribution in [2.75, 3.05) is 0 Å². The summed E-state index contributed by atoms with van der Waals surface area (Å²) in [6.07, 6.45) is 4.00. The standard InChI is InChI=1S/C21H25ClFN3O2/c1-11(18-16-15(25(3)24-18)5-4-14(23)17(16)22)19(27)26-12-6-20(2)7-13(26)9-21(28,8-12)10-20/h4-5,11-13,28H,6-10H2,1-3H3. The maximum atomic E-state index is 14.1. The van der Waals surface area contributed by atoms with E-state index in [1.54, 1.807) is 17.8 Å². The molecule has 0 spiro atoms. The van der Waals surface area contributed by atoms with Gasteiger partial charge in [0.05, 0.1) is 27.8 Å². The Kier molecular flexibility index (Phi) is 3.74. The summed E-state index contributed by atoms with van der Waals surface area (Å²) in [5, 5.41) is 16.0. The van der Waals surface area contributed by atoms with Gasteiger partial charge < -0.3 is 10.0 Å². The van der Waals surface area contributed by atoms with Crippen LogP contribution in [0.5, 0.6) is 0 Å². The van der Waals surface area contributed by atoms with Crippen LogP contribution in [0.3, 0.4) is 0 Å². The Balaban J connectivity index is 1.52. The average molecular weight is 406 g/mol. The van der Waals surface area contributed by atoms with E-state index in [4.69, 9.17) is 11.6 Å². The van der Waals surface area contributed by atoms with E-state index in [9.17, 15) is 14.3 Å². The lowest BCUT2D eigenvalue weighted by Gasteiger charge is -2.63. The predicted molar refractivity (Wildman–Crippen MR) is 105 cm³/mol. The van der Waals surface area contributed by atoms with Gasteiger partial charge in [0.2, 0.25) is 5.91 Å². The molecule has 0 radical (unpaired) electrons. The third kappa shape index (κ3) is 2.47. The molecule has 4 bridgehead atoms. The van der Waals surface area contributed by atoms with E-state index >= 15 is 0 Å². The van der Waals surface area contributed by atoms with Crippen molar-refractivity contribution in [3.63, 3.8) is 0 Å². The molecule has 5 nitrogen and oxygen atoms in total. The third-order valence-electron chi connectivity index (χ3n) is 7.20. The molecule has 2 aromatic rings. The van der Waals surface area contributed by atoms with Crippen LogP contribution in [0.25, 0.3) is 10.9 Å². The van der Waals surface area contributed by atoms with Crippen molar-refractivity contribution in [1.29, 1.82) is 0 Å². The molecule has 1 aromatic carbocycles. The minimum atomic E-state index is -0.634. The second-order valence-corrected chi connectivity index (χ2v) is 9.95. The van der Waals surface area contributed by atoms with E-state index in [1.165, 1.54) is 6.07 Å². The third-order valence-corrected chi connectivity index (χ3v) is 7.57. The van der Waals surface area contributed by atoms with Gasteiger partial charge in [0.25, 0.3) is 0 Å². The Morgan fingerprint density at radius 3 is 2.57 bits per heavy atom. The number of hydrogen-bond donors (Lipinski definition) is 1. The zero-order valence-electron chi connectivity index (χ0n) is 16.4. The van der Waals surface area contributed by atoms with Crippen LogP contribution in [0.1, 0.15) is 57.6 Å². The lowest BCUT2D eigenvalue weighted by atomic mass is 9.54. The molecule has 4 fully saturated rings. The highest BCUT2D eigenvalue weighted by Crippen LogP contribution is 2.58. The summed E-state index contributed by atoms with van der Waals surface area (Å²) in [5.41, 5.74) is 0.712. The first-order valence-electron chi connectivity index (χ1n) is 9.96. The van der Waals surface area contributed by atoms with Crippen molar-refractivity contribution in [3.8, 4) is 0 Å². The maximum Gasteiger partial charge on any atom is 0.232 e. The van der Waals surface area contributed by atoms with Gasteiger partial charge >= 0.3 is 0 Å². The Morgan fingerprint density at radius 1 is 1.32 bits per heavy atom. The van der Waals surface area contributed by atoms with Gasteiger partial charge in [-0.1, -0.05) is 18.5 Å². The molecule has 3 heterocycles. The van der Waals surface area contributed by atoms with Crippen molar-refractivity contribution in [2.45, 2.75) is 69.6 Å². The highest BCUT2D eigenvalue weighted by Gasteiger charge is 2.59. The van der Waals surface area contributed by atoms with Crippen LogP contribution in [-0.4, -0.2) is 43.4 Å². The predicted octanol–water partition coefficient (Wildman–Crippen LogP) is 3.76. The summed E-state index contributed by atoms with van der Waals surface area (Å²) >= 11 is 6.25. The molecule has 1 aromatic heterocycles. The summed E-state index contributed by atoms with van der Waals surface area (Å²) in [6.45, 7) is 4.06. The Hall–Kier alpha value is -1.66. The molecular weight excluding hydrogens is 381 g/mol. The number of nitrogens with zero attached hydrogens (tertiary/aromatic N) is 3. The number of carbonyl (C=O) groups is 1. The Labute approximate surface area is 168 Å². The molecule has 28 heavy (non-hydrogen) atoms. The van der Waals surface area contributed by atoms with Crippen LogP contribution in [0.2, 0.25) is 5.02 Å². The summed E-state index contributed by atoms with van der Waals surface area (Å²) in [4.78, 5) is 15.5. The smallest absolute Gasteiger partial charge is 0.232 e. The number of rotatable bonds is 2. The van der Waals surface area contributed by atoms with Crippen molar-refractivity contribution in [3.05, 3.63) is 28.7 Å². The van der Waals surface area contributed by atoms with Gasteiger partial charge in [-0.05, 0) is 56.6 Å².